The van der Waals surface area contributed by atoms with Crippen LogP contribution in [-0.4, -0.2) is 17.6 Å². The number of anilines is 2. The van der Waals surface area contributed by atoms with E-state index in [1.165, 1.54) is 6.07 Å². The second-order valence-corrected chi connectivity index (χ2v) is 5.23. The van der Waals surface area contributed by atoms with Crippen LogP contribution in [0.2, 0.25) is 5.02 Å². The molecule has 22 heavy (non-hydrogen) atoms. The van der Waals surface area contributed by atoms with Crippen molar-refractivity contribution in [2.24, 2.45) is 0 Å². The highest BCUT2D eigenvalue weighted by molar-refractivity contribution is 6.30. The van der Waals surface area contributed by atoms with Crippen molar-refractivity contribution in [1.29, 1.82) is 0 Å². The molecule has 0 aliphatic heterocycles. The van der Waals surface area contributed by atoms with Gasteiger partial charge in [-0.2, -0.15) is 0 Å². The van der Waals surface area contributed by atoms with Crippen molar-refractivity contribution in [1.82, 2.24) is 0 Å². The quantitative estimate of drug-likeness (QED) is 0.788. The second kappa shape index (κ2) is 7.24. The Bertz CT molecular complexity index is 679. The zero-order valence-corrected chi connectivity index (χ0v) is 12.7. The minimum absolute atomic E-state index is 0.0788. The molecule has 0 aliphatic rings. The Morgan fingerprint density at radius 2 is 2.00 bits per heavy atom. The average Bonchev–Trinajstić information content (AvgIpc) is 2.50. The Morgan fingerprint density at radius 1 is 1.27 bits per heavy atom. The molecular weight excluding hydrogens is 307 g/mol. The lowest BCUT2D eigenvalue weighted by Crippen LogP contribution is -2.15. The Labute approximate surface area is 132 Å². The molecule has 1 unspecified atom stereocenters. The number of nitrogens with one attached hydrogen (secondary N) is 2. The minimum atomic E-state index is -0.567. The number of benzene rings is 2. The first kappa shape index (κ1) is 16.3. The molecule has 1 amide bonds. The highest BCUT2D eigenvalue weighted by atomic mass is 35.5. The number of hydrogen-bond acceptors (Lipinski definition) is 3. The molecular formula is C16H16ClFN2O2. The molecule has 2 aromatic carbocycles. The fourth-order valence-corrected chi connectivity index (χ4v) is 2.19. The van der Waals surface area contributed by atoms with Crippen LogP contribution in [0.1, 0.15) is 18.5 Å². The Kier molecular flexibility index (Phi) is 5.35. The fourth-order valence-electron chi connectivity index (χ4n) is 2.00. The van der Waals surface area contributed by atoms with E-state index in [4.69, 9.17) is 16.7 Å². The summed E-state index contributed by atoms with van der Waals surface area (Å²) in [6, 6.07) is 11.6. The molecule has 6 heteroatoms. The van der Waals surface area contributed by atoms with E-state index in [2.05, 4.69) is 10.6 Å². The number of rotatable bonds is 5. The Hall–Kier alpha value is -2.11. The van der Waals surface area contributed by atoms with Gasteiger partial charge in [-0.3, -0.25) is 4.79 Å². The molecule has 0 aliphatic carbocycles. The van der Waals surface area contributed by atoms with Crippen molar-refractivity contribution in [3.8, 4) is 0 Å². The third kappa shape index (κ3) is 4.19. The summed E-state index contributed by atoms with van der Waals surface area (Å²) in [5.74, 6) is -0.929. The van der Waals surface area contributed by atoms with E-state index in [1.54, 1.807) is 30.3 Å². The maximum absolute atomic E-state index is 13.2. The lowest BCUT2D eigenvalue weighted by molar-refractivity contribution is -0.118. The van der Waals surface area contributed by atoms with E-state index in [9.17, 15) is 9.18 Å². The number of halogens is 2. The predicted octanol–water partition coefficient (Wildman–Crippen LogP) is 3.58. The summed E-state index contributed by atoms with van der Waals surface area (Å²) >= 11 is 5.79. The second-order valence-electron chi connectivity index (χ2n) is 4.83. The number of aliphatic hydroxyl groups excluding tert-OH is 1. The van der Waals surface area contributed by atoms with E-state index < -0.39 is 18.3 Å². The molecule has 0 radical (unpaired) electrons. The van der Waals surface area contributed by atoms with Gasteiger partial charge >= 0.3 is 0 Å². The van der Waals surface area contributed by atoms with Gasteiger partial charge in [-0.1, -0.05) is 23.7 Å². The van der Waals surface area contributed by atoms with Gasteiger partial charge in [0.1, 0.15) is 12.4 Å². The highest BCUT2D eigenvalue weighted by Crippen LogP contribution is 2.25. The van der Waals surface area contributed by atoms with Gasteiger partial charge in [0.15, 0.2) is 0 Å². The van der Waals surface area contributed by atoms with Gasteiger partial charge in [0, 0.05) is 17.4 Å². The van der Waals surface area contributed by atoms with Crippen LogP contribution in [0.3, 0.4) is 0 Å². The van der Waals surface area contributed by atoms with E-state index in [-0.39, 0.29) is 11.1 Å². The molecule has 0 fully saturated rings. The SMILES string of the molecule is CC(Nc1cccc(NC(=O)CO)c1)c1ccc(F)c(Cl)c1. The molecule has 2 aromatic rings. The topological polar surface area (TPSA) is 61.4 Å². The van der Waals surface area contributed by atoms with Crippen LogP contribution < -0.4 is 10.6 Å². The van der Waals surface area contributed by atoms with Crippen LogP contribution in [0.25, 0.3) is 0 Å². The van der Waals surface area contributed by atoms with Gasteiger partial charge in [0.25, 0.3) is 0 Å². The van der Waals surface area contributed by atoms with E-state index in [1.807, 2.05) is 13.0 Å². The van der Waals surface area contributed by atoms with Crippen LogP contribution in [0.5, 0.6) is 0 Å². The van der Waals surface area contributed by atoms with Gasteiger partial charge in [0.2, 0.25) is 5.91 Å². The van der Waals surface area contributed by atoms with Crippen molar-refractivity contribution in [3.63, 3.8) is 0 Å². The van der Waals surface area contributed by atoms with Gasteiger partial charge in [-0.05, 0) is 42.8 Å². The molecule has 116 valence electrons. The number of amides is 1. The first-order valence-corrected chi connectivity index (χ1v) is 7.09. The number of carbonyl (C=O) groups is 1. The van der Waals surface area contributed by atoms with Crippen molar-refractivity contribution in [3.05, 3.63) is 58.9 Å². The average molecular weight is 323 g/mol. The van der Waals surface area contributed by atoms with Crippen LogP contribution >= 0.6 is 11.6 Å². The third-order valence-electron chi connectivity index (χ3n) is 3.12. The molecule has 0 aromatic heterocycles. The van der Waals surface area contributed by atoms with Crippen LogP contribution in [0.4, 0.5) is 15.8 Å². The number of carbonyl (C=O) groups excluding carboxylic acids is 1. The summed E-state index contributed by atoms with van der Waals surface area (Å²) in [7, 11) is 0. The largest absolute Gasteiger partial charge is 0.387 e. The molecule has 3 N–H and O–H groups in total. The van der Waals surface area contributed by atoms with Gasteiger partial charge < -0.3 is 15.7 Å². The molecule has 0 saturated carbocycles. The maximum atomic E-state index is 13.2. The molecule has 0 saturated heterocycles. The van der Waals surface area contributed by atoms with Crippen LogP contribution in [-0.2, 0) is 4.79 Å². The van der Waals surface area contributed by atoms with Gasteiger partial charge in [0.05, 0.1) is 5.02 Å². The zero-order chi connectivity index (χ0) is 16.1. The summed E-state index contributed by atoms with van der Waals surface area (Å²) in [6.07, 6.45) is 0. The molecule has 0 heterocycles. The van der Waals surface area contributed by atoms with Crippen molar-refractivity contribution >= 4 is 28.9 Å². The predicted molar refractivity (Wildman–Crippen MR) is 85.6 cm³/mol. The third-order valence-corrected chi connectivity index (χ3v) is 3.41. The lowest BCUT2D eigenvalue weighted by Gasteiger charge is -2.17. The van der Waals surface area contributed by atoms with Gasteiger partial charge in [-0.25, -0.2) is 4.39 Å². The molecule has 1 atom stereocenters. The van der Waals surface area contributed by atoms with Crippen molar-refractivity contribution < 1.29 is 14.3 Å². The Balaban J connectivity index is 2.10. The first-order chi connectivity index (χ1) is 10.5. The van der Waals surface area contributed by atoms with Crippen LogP contribution in [0.15, 0.2) is 42.5 Å². The van der Waals surface area contributed by atoms with Crippen molar-refractivity contribution in [2.75, 3.05) is 17.2 Å². The number of hydrogen-bond donors (Lipinski definition) is 3. The summed E-state index contributed by atoms with van der Waals surface area (Å²) < 4.78 is 13.2. The lowest BCUT2D eigenvalue weighted by atomic mass is 10.1. The highest BCUT2D eigenvalue weighted by Gasteiger charge is 2.09. The normalized spacial score (nSPS) is 11.8. The van der Waals surface area contributed by atoms with Gasteiger partial charge in [-0.15, -0.1) is 0 Å². The van der Waals surface area contributed by atoms with E-state index in [0.29, 0.717) is 5.69 Å². The van der Waals surface area contributed by atoms with Crippen molar-refractivity contribution in [2.45, 2.75) is 13.0 Å². The maximum Gasteiger partial charge on any atom is 0.250 e. The molecule has 4 nitrogen and oxygen atoms in total. The smallest absolute Gasteiger partial charge is 0.250 e. The van der Waals surface area contributed by atoms with E-state index in [0.717, 1.165) is 11.3 Å². The standard InChI is InChI=1S/C16H16ClFN2O2/c1-10(11-5-6-15(18)14(17)7-11)19-12-3-2-4-13(8-12)20-16(22)9-21/h2-8,10,19,21H,9H2,1H3,(H,20,22). The molecule has 2 rings (SSSR count). The first-order valence-electron chi connectivity index (χ1n) is 6.72. The summed E-state index contributed by atoms with van der Waals surface area (Å²) in [5.41, 5.74) is 2.20. The van der Waals surface area contributed by atoms with Crippen LogP contribution in [0, 0.1) is 5.82 Å². The zero-order valence-electron chi connectivity index (χ0n) is 11.9. The molecule has 0 bridgehead atoms. The Morgan fingerprint density at radius 3 is 2.68 bits per heavy atom. The monoisotopic (exact) mass is 322 g/mol. The molecule has 0 spiro atoms. The summed E-state index contributed by atoms with van der Waals surface area (Å²) in [6.45, 7) is 1.35. The fraction of sp³-hybridized carbons (Fsp3) is 0.188. The summed E-state index contributed by atoms with van der Waals surface area (Å²) in [5, 5.41) is 14.6. The minimum Gasteiger partial charge on any atom is -0.387 e. The van der Waals surface area contributed by atoms with E-state index >= 15 is 0 Å². The summed E-state index contributed by atoms with van der Waals surface area (Å²) in [4.78, 5) is 11.2. The number of aliphatic hydroxyl groups is 1.